The predicted molar refractivity (Wildman–Crippen MR) is 159 cm³/mol. The molecule has 36 heavy (non-hydrogen) atoms. The summed E-state index contributed by atoms with van der Waals surface area (Å²) in [5.41, 5.74) is 7.11. The molecule has 0 amide bonds. The van der Waals surface area contributed by atoms with Crippen LogP contribution in [0, 0.1) is 12.3 Å². The lowest BCUT2D eigenvalue weighted by atomic mass is 9.95. The molecule has 0 aliphatic heterocycles. The molecule has 0 radical (unpaired) electrons. The van der Waals surface area contributed by atoms with Crippen molar-refractivity contribution in [2.45, 2.75) is 104 Å². The first kappa shape index (κ1) is 36.0. The Labute approximate surface area is 223 Å². The zero-order valence-electron chi connectivity index (χ0n) is 23.5. The number of terminal acetylenes is 1. The molecule has 3 N–H and O–H groups in total. The first-order valence-corrected chi connectivity index (χ1v) is 13.6. The van der Waals surface area contributed by atoms with Crippen molar-refractivity contribution >= 4 is 0 Å². The highest BCUT2D eigenvalue weighted by Gasteiger charge is 2.03. The average molecular weight is 499 g/mol. The summed E-state index contributed by atoms with van der Waals surface area (Å²) in [5, 5.41) is 25.4. The molecule has 0 atom stereocenters. The number of rotatable bonds is 12. The SMILES string of the molecule is C#CCCCCO.C=CC(=C)C.CC1=CCC(CCCCO)=CC1.CC1=CCC=C(CCCCO)C1. The van der Waals surface area contributed by atoms with E-state index in [4.69, 9.17) is 21.7 Å². The summed E-state index contributed by atoms with van der Waals surface area (Å²) in [6.45, 7) is 14.2. The molecule has 0 unspecified atom stereocenters. The van der Waals surface area contributed by atoms with Gasteiger partial charge in [-0.2, -0.15) is 0 Å². The monoisotopic (exact) mass is 498 g/mol. The zero-order valence-corrected chi connectivity index (χ0v) is 23.5. The Hall–Kier alpha value is -2.12. The van der Waals surface area contributed by atoms with Crippen LogP contribution in [0.3, 0.4) is 0 Å². The smallest absolute Gasteiger partial charge is 0.0431 e. The maximum Gasteiger partial charge on any atom is 0.0431 e. The van der Waals surface area contributed by atoms with E-state index in [1.807, 2.05) is 6.92 Å². The van der Waals surface area contributed by atoms with Gasteiger partial charge in [-0.3, -0.25) is 0 Å². The van der Waals surface area contributed by atoms with Crippen molar-refractivity contribution in [2.75, 3.05) is 19.8 Å². The van der Waals surface area contributed by atoms with Crippen LogP contribution >= 0.6 is 0 Å². The molecular formula is C33H54O3. The van der Waals surface area contributed by atoms with Crippen molar-refractivity contribution in [1.82, 2.24) is 0 Å². The van der Waals surface area contributed by atoms with E-state index in [9.17, 15) is 0 Å². The van der Waals surface area contributed by atoms with Gasteiger partial charge < -0.3 is 15.3 Å². The van der Waals surface area contributed by atoms with Crippen molar-refractivity contribution in [3.05, 3.63) is 71.4 Å². The van der Waals surface area contributed by atoms with Crippen LogP contribution in [0.1, 0.15) is 104 Å². The van der Waals surface area contributed by atoms with Gasteiger partial charge in [0.05, 0.1) is 0 Å². The fourth-order valence-electron chi connectivity index (χ4n) is 3.37. The van der Waals surface area contributed by atoms with Gasteiger partial charge in [-0.1, -0.05) is 71.4 Å². The first-order chi connectivity index (χ1) is 17.3. The molecule has 204 valence electrons. The van der Waals surface area contributed by atoms with E-state index < -0.39 is 0 Å². The second-order valence-corrected chi connectivity index (χ2v) is 9.44. The third-order valence-corrected chi connectivity index (χ3v) is 5.69. The molecule has 0 heterocycles. The van der Waals surface area contributed by atoms with Gasteiger partial charge in [0.15, 0.2) is 0 Å². The lowest BCUT2D eigenvalue weighted by molar-refractivity contribution is 0.284. The van der Waals surface area contributed by atoms with Crippen LogP contribution in [0.15, 0.2) is 71.4 Å². The average Bonchev–Trinajstić information content (AvgIpc) is 2.87. The van der Waals surface area contributed by atoms with Gasteiger partial charge >= 0.3 is 0 Å². The molecule has 0 aromatic carbocycles. The number of hydrogen-bond donors (Lipinski definition) is 3. The number of unbranched alkanes of at least 4 members (excludes halogenated alkanes) is 4. The fraction of sp³-hybridized carbons (Fsp3) is 0.576. The van der Waals surface area contributed by atoms with Crippen molar-refractivity contribution in [3.8, 4) is 12.3 Å². The number of aliphatic hydroxyl groups is 3. The lowest BCUT2D eigenvalue weighted by Crippen LogP contribution is -1.92. The Morgan fingerprint density at radius 2 is 1.39 bits per heavy atom. The Morgan fingerprint density at radius 1 is 0.833 bits per heavy atom. The van der Waals surface area contributed by atoms with Crippen LogP contribution in [-0.2, 0) is 0 Å². The molecule has 0 saturated carbocycles. The molecular weight excluding hydrogens is 444 g/mol. The first-order valence-electron chi connectivity index (χ1n) is 13.6. The third kappa shape index (κ3) is 26.5. The fourth-order valence-corrected chi connectivity index (χ4v) is 3.37. The largest absolute Gasteiger partial charge is 0.396 e. The van der Waals surface area contributed by atoms with E-state index >= 15 is 0 Å². The van der Waals surface area contributed by atoms with E-state index in [1.165, 1.54) is 24.0 Å². The maximum absolute atomic E-state index is 8.62. The molecule has 0 aromatic heterocycles. The molecule has 2 aliphatic rings. The van der Waals surface area contributed by atoms with Gasteiger partial charge in [-0.25, -0.2) is 0 Å². The van der Waals surface area contributed by atoms with Crippen LogP contribution in [0.4, 0.5) is 0 Å². The minimum atomic E-state index is 0.266. The van der Waals surface area contributed by atoms with Crippen LogP contribution in [0.25, 0.3) is 0 Å². The van der Waals surface area contributed by atoms with E-state index in [2.05, 4.69) is 57.2 Å². The number of aliphatic hydroxyl groups excluding tert-OH is 3. The molecule has 3 nitrogen and oxygen atoms in total. The highest BCUT2D eigenvalue weighted by molar-refractivity contribution is 5.21. The van der Waals surface area contributed by atoms with Crippen molar-refractivity contribution < 1.29 is 15.3 Å². The molecule has 0 spiro atoms. The topological polar surface area (TPSA) is 60.7 Å². The van der Waals surface area contributed by atoms with Gasteiger partial charge in [0, 0.05) is 26.2 Å². The Balaban J connectivity index is 0. The quantitative estimate of drug-likeness (QED) is 0.110. The zero-order chi connectivity index (χ0) is 27.4. The van der Waals surface area contributed by atoms with Gasteiger partial charge in [-0.05, 0) is 97.8 Å². The van der Waals surface area contributed by atoms with Gasteiger partial charge in [0.25, 0.3) is 0 Å². The van der Waals surface area contributed by atoms with E-state index in [0.717, 1.165) is 76.2 Å². The predicted octanol–water partition coefficient (Wildman–Crippen LogP) is 8.16. The second-order valence-electron chi connectivity index (χ2n) is 9.44. The van der Waals surface area contributed by atoms with Crippen molar-refractivity contribution in [2.24, 2.45) is 0 Å². The van der Waals surface area contributed by atoms with Gasteiger partial charge in [-0.15, -0.1) is 12.3 Å². The molecule has 0 fully saturated rings. The molecule has 2 aliphatic carbocycles. The summed E-state index contributed by atoms with van der Waals surface area (Å²) in [5.74, 6) is 2.49. The lowest BCUT2D eigenvalue weighted by Gasteiger charge is -2.11. The summed E-state index contributed by atoms with van der Waals surface area (Å²) in [4.78, 5) is 0. The Morgan fingerprint density at radius 3 is 1.83 bits per heavy atom. The molecule has 0 saturated heterocycles. The minimum absolute atomic E-state index is 0.266. The second kappa shape index (κ2) is 27.5. The van der Waals surface area contributed by atoms with E-state index in [0.29, 0.717) is 13.2 Å². The molecule has 0 aromatic rings. The van der Waals surface area contributed by atoms with Crippen LogP contribution in [-0.4, -0.2) is 35.1 Å². The van der Waals surface area contributed by atoms with Crippen LogP contribution in [0.2, 0.25) is 0 Å². The normalized spacial score (nSPS) is 13.9. The molecule has 0 bridgehead atoms. The van der Waals surface area contributed by atoms with Crippen LogP contribution < -0.4 is 0 Å². The van der Waals surface area contributed by atoms with E-state index in [-0.39, 0.29) is 6.61 Å². The summed E-state index contributed by atoms with van der Waals surface area (Å²) in [7, 11) is 0. The standard InChI is InChI=1S/2C11H18O.C6H10O.C5H8/c1-10-5-4-7-11(9-10)6-2-3-8-12;1-10-5-7-11(8-6-10)4-2-3-9-12;1-2-3-4-5-6-7;1-4-5(2)3/h5,7,12H,2-4,6,8-9H2,1H3;5,8,12H,2-4,6-7,9H2,1H3;1,7H,3-6H2;4H,1-2H2,3H3. The highest BCUT2D eigenvalue weighted by Crippen LogP contribution is 2.22. The molecule has 3 heteroatoms. The third-order valence-electron chi connectivity index (χ3n) is 5.69. The van der Waals surface area contributed by atoms with Gasteiger partial charge in [0.1, 0.15) is 0 Å². The minimum Gasteiger partial charge on any atom is -0.396 e. The summed E-state index contributed by atoms with van der Waals surface area (Å²) in [6, 6.07) is 0. The summed E-state index contributed by atoms with van der Waals surface area (Å²) >= 11 is 0. The maximum atomic E-state index is 8.62. The number of allylic oxidation sites excluding steroid dienone is 10. The summed E-state index contributed by atoms with van der Waals surface area (Å²) in [6.07, 6.45) is 29.5. The Bertz CT molecular complexity index is 729. The van der Waals surface area contributed by atoms with Crippen LogP contribution in [0.5, 0.6) is 0 Å². The van der Waals surface area contributed by atoms with Crippen molar-refractivity contribution in [3.63, 3.8) is 0 Å². The van der Waals surface area contributed by atoms with Crippen molar-refractivity contribution in [1.29, 1.82) is 0 Å². The molecule has 2 rings (SSSR count). The van der Waals surface area contributed by atoms with E-state index in [1.54, 1.807) is 17.2 Å². The van der Waals surface area contributed by atoms with Gasteiger partial charge in [0.2, 0.25) is 0 Å². The highest BCUT2D eigenvalue weighted by atomic mass is 16.3. The Kier molecular flexibility index (Phi) is 27.5. The number of hydrogen-bond acceptors (Lipinski definition) is 3. The summed E-state index contributed by atoms with van der Waals surface area (Å²) < 4.78 is 0.